The Bertz CT molecular complexity index is 1330. The number of aromatic hydroxyl groups is 1. The van der Waals surface area contributed by atoms with Crippen LogP contribution in [0.2, 0.25) is 0 Å². The molecule has 0 saturated carbocycles. The Balaban J connectivity index is 1.29. The van der Waals surface area contributed by atoms with Gasteiger partial charge >= 0.3 is 6.03 Å². The van der Waals surface area contributed by atoms with Crippen LogP contribution in [0.1, 0.15) is 30.6 Å². The maximum absolute atomic E-state index is 12.3. The highest BCUT2D eigenvalue weighted by molar-refractivity contribution is 5.89. The number of carbonyl (C=O) groups excluding carboxylic acids is 1. The number of carbonyl (C=O) groups is 1. The number of fused-ring (bicyclic) bond motifs is 1. The molecule has 1 heterocycles. The minimum Gasteiger partial charge on any atom is -0.506 e. The zero-order valence-electron chi connectivity index (χ0n) is 20.2. The lowest BCUT2D eigenvalue weighted by Crippen LogP contribution is -2.33. The van der Waals surface area contributed by atoms with Gasteiger partial charge < -0.3 is 31.1 Å². The van der Waals surface area contributed by atoms with E-state index in [-0.39, 0.29) is 23.4 Å². The van der Waals surface area contributed by atoms with Gasteiger partial charge in [0.25, 0.3) is 0 Å². The highest BCUT2D eigenvalue weighted by Crippen LogP contribution is 2.28. The number of hydrogen-bond acceptors (Lipinski definition) is 5. The fraction of sp³-hybridized carbons (Fsp3) is 0.286. The van der Waals surface area contributed by atoms with Crippen LogP contribution in [-0.2, 0) is 6.42 Å². The normalized spacial score (nSPS) is 16.6. The highest BCUT2D eigenvalue weighted by Gasteiger charge is 2.15. The lowest BCUT2D eigenvalue weighted by Gasteiger charge is -2.19. The van der Waals surface area contributed by atoms with Crippen molar-refractivity contribution in [3.63, 3.8) is 0 Å². The molecule has 0 radical (unpaired) electrons. The number of benzene rings is 2. The van der Waals surface area contributed by atoms with Crippen molar-refractivity contribution in [3.05, 3.63) is 94.3 Å². The lowest BCUT2D eigenvalue weighted by atomic mass is 10.0. The number of aromatic nitrogens is 1. The number of anilines is 1. The molecule has 0 bridgehead atoms. The summed E-state index contributed by atoms with van der Waals surface area (Å²) in [5.74, 6) is 0.279. The summed E-state index contributed by atoms with van der Waals surface area (Å²) < 4.78 is 0. The van der Waals surface area contributed by atoms with Crippen LogP contribution in [0, 0.1) is 5.92 Å². The number of aliphatic hydroxyl groups is 1. The molecule has 0 saturated heterocycles. The molecule has 2 amide bonds. The van der Waals surface area contributed by atoms with Crippen molar-refractivity contribution < 1.29 is 15.0 Å². The van der Waals surface area contributed by atoms with E-state index < -0.39 is 6.10 Å². The van der Waals surface area contributed by atoms with Gasteiger partial charge in [0.05, 0.1) is 11.6 Å². The van der Waals surface area contributed by atoms with Crippen molar-refractivity contribution in [2.24, 2.45) is 5.92 Å². The minimum absolute atomic E-state index is 0.0369. The standard InChI is InChI=1S/C28H32N4O4/c1-18(29-17-25(34)22-10-12-24(33)27-23(22)11-13-26(35)32-27)14-20-8-5-9-21(15-20)31-28(36)30-16-19-6-3-2-4-7-19/h2-6,8-13,15,18-19,25,29,33-34H,7,14,16-17H2,1H3,(H,32,35)(H2,30,31,36). The van der Waals surface area contributed by atoms with Crippen molar-refractivity contribution >= 4 is 22.6 Å². The highest BCUT2D eigenvalue weighted by atomic mass is 16.3. The maximum Gasteiger partial charge on any atom is 0.319 e. The molecule has 188 valence electrons. The first-order valence-electron chi connectivity index (χ1n) is 12.1. The SMILES string of the molecule is CC(Cc1cccc(NC(=O)NCC2C=CC=CC2)c1)NCC(O)c1ccc(O)c2[nH]c(=O)ccc12. The van der Waals surface area contributed by atoms with Gasteiger partial charge in [-0.25, -0.2) is 4.79 Å². The molecule has 0 aliphatic heterocycles. The zero-order valence-corrected chi connectivity index (χ0v) is 20.2. The molecular formula is C28H32N4O4. The third-order valence-corrected chi connectivity index (χ3v) is 6.25. The number of phenols is 1. The predicted molar refractivity (Wildman–Crippen MR) is 142 cm³/mol. The smallest absolute Gasteiger partial charge is 0.319 e. The van der Waals surface area contributed by atoms with E-state index in [4.69, 9.17) is 0 Å². The molecule has 3 unspecified atom stereocenters. The fourth-order valence-electron chi connectivity index (χ4n) is 4.36. The first kappa shape index (κ1) is 25.2. The van der Waals surface area contributed by atoms with Crippen LogP contribution >= 0.6 is 0 Å². The molecule has 3 aromatic rings. The average Bonchev–Trinajstić information content (AvgIpc) is 2.87. The predicted octanol–water partition coefficient (Wildman–Crippen LogP) is 3.74. The molecule has 1 aromatic heterocycles. The summed E-state index contributed by atoms with van der Waals surface area (Å²) in [5.41, 5.74) is 2.39. The summed E-state index contributed by atoms with van der Waals surface area (Å²) in [4.78, 5) is 26.5. The summed E-state index contributed by atoms with van der Waals surface area (Å²) in [5, 5.41) is 30.6. The second-order valence-corrected chi connectivity index (χ2v) is 9.16. The molecule has 6 N–H and O–H groups in total. The van der Waals surface area contributed by atoms with Gasteiger partial charge in [0.1, 0.15) is 5.75 Å². The van der Waals surface area contributed by atoms with Crippen molar-refractivity contribution in [2.75, 3.05) is 18.4 Å². The summed E-state index contributed by atoms with van der Waals surface area (Å²) in [6.45, 7) is 2.91. The van der Waals surface area contributed by atoms with Gasteiger partial charge in [-0.3, -0.25) is 4.79 Å². The van der Waals surface area contributed by atoms with E-state index >= 15 is 0 Å². The van der Waals surface area contributed by atoms with Crippen LogP contribution in [-0.4, -0.2) is 40.4 Å². The van der Waals surface area contributed by atoms with Crippen LogP contribution in [0.5, 0.6) is 5.75 Å². The molecule has 4 rings (SSSR count). The van der Waals surface area contributed by atoms with Gasteiger partial charge in [0.15, 0.2) is 0 Å². The van der Waals surface area contributed by atoms with Crippen molar-refractivity contribution in [2.45, 2.75) is 31.9 Å². The fourth-order valence-corrected chi connectivity index (χ4v) is 4.36. The molecule has 0 spiro atoms. The number of allylic oxidation sites excluding steroid dienone is 3. The van der Waals surface area contributed by atoms with E-state index in [1.165, 1.54) is 12.1 Å². The van der Waals surface area contributed by atoms with E-state index in [2.05, 4.69) is 33.1 Å². The van der Waals surface area contributed by atoms with Crippen LogP contribution < -0.4 is 21.5 Å². The topological polar surface area (TPSA) is 126 Å². The molecule has 36 heavy (non-hydrogen) atoms. The molecule has 2 aromatic carbocycles. The number of amides is 2. The van der Waals surface area contributed by atoms with Gasteiger partial charge in [-0.05, 0) is 61.1 Å². The van der Waals surface area contributed by atoms with Crippen LogP contribution in [0.3, 0.4) is 0 Å². The van der Waals surface area contributed by atoms with Crippen molar-refractivity contribution in [1.29, 1.82) is 0 Å². The third kappa shape index (κ3) is 6.62. The minimum atomic E-state index is -0.826. The van der Waals surface area contributed by atoms with Crippen molar-refractivity contribution in [3.8, 4) is 5.75 Å². The Morgan fingerprint density at radius 1 is 1.17 bits per heavy atom. The number of aliphatic hydroxyl groups excluding tert-OH is 1. The van der Waals surface area contributed by atoms with Gasteiger partial charge in [0, 0.05) is 36.3 Å². The van der Waals surface area contributed by atoms with Crippen molar-refractivity contribution in [1.82, 2.24) is 15.6 Å². The largest absolute Gasteiger partial charge is 0.506 e. The Morgan fingerprint density at radius 2 is 2.03 bits per heavy atom. The van der Waals surface area contributed by atoms with E-state index in [0.717, 1.165) is 17.7 Å². The van der Waals surface area contributed by atoms with Gasteiger partial charge in [-0.2, -0.15) is 0 Å². The lowest BCUT2D eigenvalue weighted by molar-refractivity contribution is 0.172. The van der Waals surface area contributed by atoms with E-state index in [1.807, 2.05) is 43.3 Å². The van der Waals surface area contributed by atoms with E-state index in [1.54, 1.807) is 12.1 Å². The first-order valence-corrected chi connectivity index (χ1v) is 12.1. The second kappa shape index (κ2) is 11.7. The molecule has 3 atom stereocenters. The molecule has 1 aliphatic rings. The van der Waals surface area contributed by atoms with E-state index in [0.29, 0.717) is 41.9 Å². The number of nitrogens with one attached hydrogen (secondary N) is 4. The van der Waals surface area contributed by atoms with Crippen LogP contribution in [0.25, 0.3) is 10.9 Å². The summed E-state index contributed by atoms with van der Waals surface area (Å²) in [6.07, 6.45) is 9.00. The summed E-state index contributed by atoms with van der Waals surface area (Å²) in [7, 11) is 0. The molecule has 8 heteroatoms. The third-order valence-electron chi connectivity index (χ3n) is 6.25. The number of hydrogen-bond donors (Lipinski definition) is 6. The number of urea groups is 1. The molecule has 8 nitrogen and oxygen atoms in total. The molecular weight excluding hydrogens is 456 g/mol. The van der Waals surface area contributed by atoms with Crippen LogP contribution in [0.4, 0.5) is 10.5 Å². The van der Waals surface area contributed by atoms with Gasteiger partial charge in [0.2, 0.25) is 5.56 Å². The number of phenolic OH excluding ortho intramolecular Hbond substituents is 1. The number of pyridine rings is 1. The zero-order chi connectivity index (χ0) is 25.5. The number of rotatable bonds is 9. The number of aromatic amines is 1. The maximum atomic E-state index is 12.3. The Morgan fingerprint density at radius 3 is 2.83 bits per heavy atom. The molecule has 1 aliphatic carbocycles. The number of H-pyrrole nitrogens is 1. The Hall–Kier alpha value is -3.88. The van der Waals surface area contributed by atoms with E-state index in [9.17, 15) is 19.8 Å². The summed E-state index contributed by atoms with van der Waals surface area (Å²) >= 11 is 0. The molecule has 0 fully saturated rings. The Labute approximate surface area is 209 Å². The van der Waals surface area contributed by atoms with Crippen LogP contribution in [0.15, 0.2) is 77.6 Å². The van der Waals surface area contributed by atoms with Gasteiger partial charge in [-0.15, -0.1) is 0 Å². The monoisotopic (exact) mass is 488 g/mol. The quantitative estimate of drug-likeness (QED) is 0.274. The summed E-state index contributed by atoms with van der Waals surface area (Å²) in [6, 6.07) is 13.6. The van der Waals surface area contributed by atoms with Gasteiger partial charge in [-0.1, -0.05) is 42.5 Å². The average molecular weight is 489 g/mol. The Kier molecular flexibility index (Phi) is 8.20. The second-order valence-electron chi connectivity index (χ2n) is 9.16. The first-order chi connectivity index (χ1) is 17.4.